The molecule has 0 bridgehead atoms. The van der Waals surface area contributed by atoms with Gasteiger partial charge in [0, 0.05) is 19.7 Å². The lowest BCUT2D eigenvalue weighted by Crippen LogP contribution is -2.38. The summed E-state index contributed by atoms with van der Waals surface area (Å²) >= 11 is 0. The van der Waals surface area contributed by atoms with Crippen molar-refractivity contribution in [3.63, 3.8) is 0 Å². The maximum absolute atomic E-state index is 13.0. The van der Waals surface area contributed by atoms with Crippen LogP contribution >= 0.6 is 0 Å². The Hall–Kier alpha value is -2.96. The quantitative estimate of drug-likeness (QED) is 0.677. The van der Waals surface area contributed by atoms with Crippen molar-refractivity contribution in [2.75, 3.05) is 0 Å². The second-order valence-electron chi connectivity index (χ2n) is 6.39. The number of hydrogen-bond acceptors (Lipinski definition) is 4. The molecule has 0 N–H and O–H groups in total. The molecule has 3 rings (SSSR count). The van der Waals surface area contributed by atoms with Crippen LogP contribution in [0.2, 0.25) is 0 Å². The summed E-state index contributed by atoms with van der Waals surface area (Å²) in [5.41, 5.74) is 2.11. The largest absolute Gasteiger partial charge is 0.332 e. The first-order valence-electron chi connectivity index (χ1n) is 7.98. The van der Waals surface area contributed by atoms with Crippen LogP contribution in [0.1, 0.15) is 34.5 Å². The number of hydrogen-bond donors (Lipinski definition) is 0. The molecular weight excluding hydrogens is 320 g/mol. The molecule has 0 saturated carbocycles. The summed E-state index contributed by atoms with van der Waals surface area (Å²) in [4.78, 5) is 41.7. The van der Waals surface area contributed by atoms with E-state index in [4.69, 9.17) is 0 Å². The Kier molecular flexibility index (Phi) is 3.94. The molecule has 130 valence electrons. The Bertz CT molecular complexity index is 1120. The second kappa shape index (κ2) is 5.84. The van der Waals surface area contributed by atoms with Gasteiger partial charge in [-0.1, -0.05) is 17.7 Å². The van der Waals surface area contributed by atoms with Crippen molar-refractivity contribution in [1.29, 1.82) is 0 Å². The van der Waals surface area contributed by atoms with Gasteiger partial charge in [0.25, 0.3) is 5.56 Å². The van der Waals surface area contributed by atoms with Gasteiger partial charge in [-0.15, -0.1) is 0 Å². The zero-order chi connectivity index (χ0) is 18.5. The lowest BCUT2D eigenvalue weighted by molar-refractivity contribution is 0.0936. The van der Waals surface area contributed by atoms with Crippen LogP contribution in [-0.2, 0) is 14.1 Å². The minimum atomic E-state index is -0.615. The highest BCUT2D eigenvalue weighted by molar-refractivity contribution is 6.00. The van der Waals surface area contributed by atoms with Gasteiger partial charge in [-0.05, 0) is 32.4 Å². The molecule has 0 spiro atoms. The number of carbonyl (C=O) groups excluding carboxylic acids is 1. The Morgan fingerprint density at radius 2 is 1.80 bits per heavy atom. The Labute approximate surface area is 144 Å². The van der Waals surface area contributed by atoms with Gasteiger partial charge in [0.2, 0.25) is 0 Å². The molecule has 1 aromatic carbocycles. The summed E-state index contributed by atoms with van der Waals surface area (Å²) in [7, 11) is 2.97. The van der Waals surface area contributed by atoms with E-state index in [1.807, 2.05) is 32.0 Å². The fraction of sp³-hybridized carbons (Fsp3) is 0.333. The van der Waals surface area contributed by atoms with E-state index in [2.05, 4.69) is 4.98 Å². The van der Waals surface area contributed by atoms with Crippen LogP contribution in [0.15, 0.2) is 34.1 Å². The predicted octanol–water partition coefficient (Wildman–Crippen LogP) is 1.49. The van der Waals surface area contributed by atoms with E-state index < -0.39 is 17.3 Å². The molecule has 7 heteroatoms. The van der Waals surface area contributed by atoms with Crippen LogP contribution in [-0.4, -0.2) is 24.5 Å². The van der Waals surface area contributed by atoms with Gasteiger partial charge in [0.1, 0.15) is 0 Å². The molecule has 0 saturated heterocycles. The number of nitrogens with zero attached hydrogens (tertiary/aromatic N) is 4. The number of rotatable bonds is 3. The van der Waals surface area contributed by atoms with E-state index in [9.17, 15) is 14.4 Å². The summed E-state index contributed by atoms with van der Waals surface area (Å²) in [5, 5.41) is 0. The highest BCUT2D eigenvalue weighted by Gasteiger charge is 2.23. The average Bonchev–Trinajstić information content (AvgIpc) is 3.04. The van der Waals surface area contributed by atoms with Gasteiger partial charge in [0.05, 0.1) is 12.4 Å². The topological polar surface area (TPSA) is 78.9 Å². The van der Waals surface area contributed by atoms with Crippen molar-refractivity contribution >= 4 is 16.9 Å². The standard InChI is InChI=1S/C18H20N4O3/c1-10-6-7-11(2)13(8-10)15(23)12(3)22-9-19-16-14(22)17(24)21(5)18(25)20(16)4/h6-9,12H,1-5H3. The summed E-state index contributed by atoms with van der Waals surface area (Å²) in [6, 6.07) is 5.09. The number of Topliss-reactive ketones (excluding diaryl/α,β-unsaturated/α-hetero) is 1. The van der Waals surface area contributed by atoms with E-state index in [-0.39, 0.29) is 16.9 Å². The van der Waals surface area contributed by atoms with Crippen LogP contribution in [0.25, 0.3) is 11.2 Å². The first-order chi connectivity index (χ1) is 11.7. The number of carbonyl (C=O) groups is 1. The monoisotopic (exact) mass is 340 g/mol. The number of fused-ring (bicyclic) bond motifs is 1. The van der Waals surface area contributed by atoms with E-state index in [0.29, 0.717) is 5.56 Å². The molecule has 0 amide bonds. The molecule has 0 aliphatic carbocycles. The van der Waals surface area contributed by atoms with Gasteiger partial charge in [-0.3, -0.25) is 18.7 Å². The van der Waals surface area contributed by atoms with Gasteiger partial charge in [0.15, 0.2) is 16.9 Å². The number of aryl methyl sites for hydroxylation is 3. The maximum Gasteiger partial charge on any atom is 0.332 e. The molecule has 0 radical (unpaired) electrons. The summed E-state index contributed by atoms with van der Waals surface area (Å²) < 4.78 is 3.87. The van der Waals surface area contributed by atoms with E-state index >= 15 is 0 Å². The maximum atomic E-state index is 13.0. The predicted molar refractivity (Wildman–Crippen MR) is 95.2 cm³/mol. The number of aromatic nitrogens is 4. The Morgan fingerprint density at radius 1 is 1.12 bits per heavy atom. The minimum Gasteiger partial charge on any atom is -0.314 e. The van der Waals surface area contributed by atoms with Crippen LogP contribution < -0.4 is 11.2 Å². The number of ketones is 1. The van der Waals surface area contributed by atoms with Crippen LogP contribution in [0, 0.1) is 13.8 Å². The highest BCUT2D eigenvalue weighted by Crippen LogP contribution is 2.21. The number of benzene rings is 1. The fourth-order valence-electron chi connectivity index (χ4n) is 3.01. The molecule has 0 fully saturated rings. The highest BCUT2D eigenvalue weighted by atomic mass is 16.2. The lowest BCUT2D eigenvalue weighted by atomic mass is 9.98. The molecule has 3 aromatic rings. The van der Waals surface area contributed by atoms with E-state index in [0.717, 1.165) is 15.7 Å². The van der Waals surface area contributed by atoms with Crippen molar-refractivity contribution in [3.8, 4) is 0 Å². The normalized spacial score (nSPS) is 12.5. The minimum absolute atomic E-state index is 0.101. The molecule has 25 heavy (non-hydrogen) atoms. The second-order valence-corrected chi connectivity index (χ2v) is 6.39. The lowest BCUT2D eigenvalue weighted by Gasteiger charge is -2.15. The molecule has 1 unspecified atom stereocenters. The molecule has 7 nitrogen and oxygen atoms in total. The van der Waals surface area contributed by atoms with Crippen molar-refractivity contribution in [2.24, 2.45) is 14.1 Å². The van der Waals surface area contributed by atoms with Crippen molar-refractivity contribution in [1.82, 2.24) is 18.7 Å². The average molecular weight is 340 g/mol. The smallest absolute Gasteiger partial charge is 0.314 e. The Morgan fingerprint density at radius 3 is 2.48 bits per heavy atom. The first kappa shape index (κ1) is 16.9. The molecule has 1 atom stereocenters. The molecular formula is C18H20N4O3. The van der Waals surface area contributed by atoms with E-state index in [1.54, 1.807) is 18.5 Å². The van der Waals surface area contributed by atoms with E-state index in [1.165, 1.54) is 17.9 Å². The van der Waals surface area contributed by atoms with Crippen molar-refractivity contribution < 1.29 is 4.79 Å². The van der Waals surface area contributed by atoms with Gasteiger partial charge in [-0.25, -0.2) is 9.78 Å². The first-order valence-corrected chi connectivity index (χ1v) is 7.98. The van der Waals surface area contributed by atoms with Gasteiger partial charge in [-0.2, -0.15) is 0 Å². The number of imidazole rings is 1. The zero-order valence-corrected chi connectivity index (χ0v) is 14.9. The zero-order valence-electron chi connectivity index (χ0n) is 14.9. The van der Waals surface area contributed by atoms with Gasteiger partial charge < -0.3 is 4.57 Å². The summed E-state index contributed by atoms with van der Waals surface area (Å²) in [6.07, 6.45) is 1.44. The Balaban J connectivity index is 2.20. The molecule has 0 aliphatic heterocycles. The fourth-order valence-corrected chi connectivity index (χ4v) is 3.01. The molecule has 2 heterocycles. The van der Waals surface area contributed by atoms with Crippen molar-refractivity contribution in [2.45, 2.75) is 26.8 Å². The summed E-state index contributed by atoms with van der Waals surface area (Å²) in [6.45, 7) is 5.54. The van der Waals surface area contributed by atoms with Gasteiger partial charge >= 0.3 is 5.69 Å². The van der Waals surface area contributed by atoms with Crippen LogP contribution in [0.5, 0.6) is 0 Å². The molecule has 0 aliphatic rings. The SMILES string of the molecule is Cc1ccc(C)c(C(=O)C(C)n2cnc3c2c(=O)n(C)c(=O)n3C)c1. The summed E-state index contributed by atoms with van der Waals surface area (Å²) in [5.74, 6) is -0.101. The third-order valence-electron chi connectivity index (χ3n) is 4.63. The third kappa shape index (κ3) is 2.52. The van der Waals surface area contributed by atoms with Crippen molar-refractivity contribution in [3.05, 3.63) is 62.1 Å². The van der Waals surface area contributed by atoms with Crippen LogP contribution in [0.4, 0.5) is 0 Å². The third-order valence-corrected chi connectivity index (χ3v) is 4.63. The van der Waals surface area contributed by atoms with Crippen LogP contribution in [0.3, 0.4) is 0 Å². The molecule has 2 aromatic heterocycles.